The van der Waals surface area contributed by atoms with E-state index in [9.17, 15) is 8.78 Å². The summed E-state index contributed by atoms with van der Waals surface area (Å²) < 4.78 is 30.6. The van der Waals surface area contributed by atoms with Crippen LogP contribution in [0.4, 0.5) is 8.78 Å². The molecule has 3 rings (SSSR count). The quantitative estimate of drug-likeness (QED) is 0.696. The Morgan fingerprint density at radius 3 is 2.68 bits per heavy atom. The lowest BCUT2D eigenvalue weighted by Crippen LogP contribution is -1.95. The Morgan fingerprint density at radius 2 is 2.05 bits per heavy atom. The van der Waals surface area contributed by atoms with E-state index < -0.39 is 11.6 Å². The molecule has 0 unspecified atom stereocenters. The van der Waals surface area contributed by atoms with E-state index in [1.807, 2.05) is 6.92 Å². The van der Waals surface area contributed by atoms with Crippen LogP contribution in [0.5, 0.6) is 0 Å². The van der Waals surface area contributed by atoms with Gasteiger partial charge in [-0.05, 0) is 19.1 Å². The minimum Gasteiger partial charge on any atom is -0.328 e. The smallest absolute Gasteiger partial charge is 0.182 e. The summed E-state index contributed by atoms with van der Waals surface area (Å²) in [4.78, 5) is 2.76. The van der Waals surface area contributed by atoms with Gasteiger partial charge in [-0.1, -0.05) is 0 Å². The molecule has 19 heavy (non-hydrogen) atoms. The Labute approximate surface area is 112 Å². The van der Waals surface area contributed by atoms with E-state index in [0.717, 1.165) is 11.8 Å². The fourth-order valence-corrected chi connectivity index (χ4v) is 2.48. The normalized spacial score (nSPS) is 11.4. The van der Waals surface area contributed by atoms with Crippen LogP contribution in [0, 0.1) is 23.3 Å². The number of aromatic amines is 1. The highest BCUT2D eigenvalue weighted by Crippen LogP contribution is 2.24. The second-order valence-electron chi connectivity index (χ2n) is 4.32. The fraction of sp³-hybridized carbons (Fsp3) is 0.167. The van der Waals surface area contributed by atoms with E-state index in [0.29, 0.717) is 16.0 Å². The second kappa shape index (κ2) is 3.99. The predicted octanol–water partition coefficient (Wildman–Crippen LogP) is 3.01. The van der Waals surface area contributed by atoms with E-state index in [1.54, 1.807) is 22.5 Å². The molecule has 1 N–H and O–H groups in total. The summed E-state index contributed by atoms with van der Waals surface area (Å²) in [5, 5.41) is 4.21. The molecule has 0 aliphatic heterocycles. The number of benzene rings is 1. The summed E-state index contributed by atoms with van der Waals surface area (Å²) in [6.45, 7) is 1.81. The first-order valence-electron chi connectivity index (χ1n) is 5.58. The van der Waals surface area contributed by atoms with Gasteiger partial charge in [0.15, 0.2) is 10.6 Å². The average molecular weight is 280 g/mol. The maximum atomic E-state index is 13.7. The summed E-state index contributed by atoms with van der Waals surface area (Å²) >= 11 is 5.19. The predicted molar refractivity (Wildman–Crippen MR) is 69.9 cm³/mol. The Hall–Kier alpha value is -2.02. The van der Waals surface area contributed by atoms with Crippen LogP contribution >= 0.6 is 12.2 Å². The monoisotopic (exact) mass is 280 g/mol. The summed E-state index contributed by atoms with van der Waals surface area (Å²) in [5.41, 5.74) is 1.97. The van der Waals surface area contributed by atoms with E-state index in [2.05, 4.69) is 10.1 Å². The number of halogens is 2. The second-order valence-corrected chi connectivity index (χ2v) is 4.71. The number of aryl methyl sites for hydroxylation is 2. The fourth-order valence-electron chi connectivity index (χ4n) is 2.18. The van der Waals surface area contributed by atoms with Crippen molar-refractivity contribution in [3.8, 4) is 5.69 Å². The third-order valence-corrected chi connectivity index (χ3v) is 3.22. The largest absolute Gasteiger partial charge is 0.328 e. The number of nitrogens with zero attached hydrogens (tertiary/aromatic N) is 3. The Kier molecular flexibility index (Phi) is 2.53. The van der Waals surface area contributed by atoms with Crippen molar-refractivity contribution in [2.45, 2.75) is 6.92 Å². The molecule has 0 amide bonds. The van der Waals surface area contributed by atoms with Gasteiger partial charge in [0.25, 0.3) is 0 Å². The summed E-state index contributed by atoms with van der Waals surface area (Å²) in [6, 6.07) is 2.07. The molecule has 2 aromatic heterocycles. The molecule has 7 heteroatoms. The van der Waals surface area contributed by atoms with Gasteiger partial charge in [0.05, 0.1) is 16.9 Å². The first kappa shape index (κ1) is 12.0. The lowest BCUT2D eigenvalue weighted by Gasteiger charge is -2.02. The van der Waals surface area contributed by atoms with Gasteiger partial charge in [-0.15, -0.1) is 0 Å². The van der Waals surface area contributed by atoms with Gasteiger partial charge in [-0.2, -0.15) is 5.10 Å². The number of aromatic nitrogens is 4. The highest BCUT2D eigenvalue weighted by Gasteiger charge is 2.15. The third kappa shape index (κ3) is 1.77. The highest BCUT2D eigenvalue weighted by molar-refractivity contribution is 7.71. The maximum Gasteiger partial charge on any atom is 0.182 e. The number of hydrogen-bond donors (Lipinski definition) is 1. The molecule has 0 aliphatic carbocycles. The van der Waals surface area contributed by atoms with Gasteiger partial charge in [-0.3, -0.25) is 9.25 Å². The van der Waals surface area contributed by atoms with Crippen LogP contribution in [0.3, 0.4) is 0 Å². The molecule has 98 valence electrons. The van der Waals surface area contributed by atoms with Crippen LogP contribution in [0.1, 0.15) is 5.69 Å². The molecular formula is C12H10F2N4S. The first-order chi connectivity index (χ1) is 8.97. The maximum absolute atomic E-state index is 13.7. The molecule has 3 aromatic rings. The van der Waals surface area contributed by atoms with Crippen LogP contribution in [-0.2, 0) is 7.05 Å². The Bertz CT molecular complexity index is 843. The molecule has 0 spiro atoms. The number of rotatable bonds is 1. The molecule has 0 atom stereocenters. The van der Waals surface area contributed by atoms with Crippen molar-refractivity contribution in [2.24, 2.45) is 7.05 Å². The summed E-state index contributed by atoms with van der Waals surface area (Å²) in [7, 11) is 1.77. The minimum atomic E-state index is -0.665. The molecule has 0 fully saturated rings. The molecule has 4 nitrogen and oxygen atoms in total. The third-order valence-electron chi connectivity index (χ3n) is 2.94. The zero-order chi connectivity index (χ0) is 13.7. The van der Waals surface area contributed by atoms with Gasteiger partial charge < -0.3 is 4.98 Å². The lowest BCUT2D eigenvalue weighted by molar-refractivity contribution is 0.590. The Balaban J connectivity index is 2.44. The van der Waals surface area contributed by atoms with Crippen molar-refractivity contribution in [3.63, 3.8) is 0 Å². The zero-order valence-electron chi connectivity index (χ0n) is 10.2. The number of hydrogen-bond acceptors (Lipinski definition) is 2. The van der Waals surface area contributed by atoms with Crippen molar-refractivity contribution in [2.75, 3.05) is 0 Å². The van der Waals surface area contributed by atoms with E-state index in [1.165, 1.54) is 6.07 Å². The number of fused-ring (bicyclic) bond motifs is 1. The number of nitrogens with one attached hydrogen (secondary N) is 1. The van der Waals surface area contributed by atoms with E-state index in [-0.39, 0.29) is 5.52 Å². The van der Waals surface area contributed by atoms with Crippen LogP contribution in [0.2, 0.25) is 0 Å². The zero-order valence-corrected chi connectivity index (χ0v) is 11.1. The van der Waals surface area contributed by atoms with Crippen LogP contribution in [-0.4, -0.2) is 19.3 Å². The lowest BCUT2D eigenvalue weighted by atomic mass is 10.3. The van der Waals surface area contributed by atoms with Crippen molar-refractivity contribution in [1.29, 1.82) is 0 Å². The van der Waals surface area contributed by atoms with Crippen LogP contribution in [0.15, 0.2) is 18.3 Å². The first-order valence-corrected chi connectivity index (χ1v) is 5.98. The van der Waals surface area contributed by atoms with E-state index >= 15 is 0 Å². The van der Waals surface area contributed by atoms with Gasteiger partial charge in [-0.25, -0.2) is 8.78 Å². The molecular weight excluding hydrogens is 270 g/mol. The average Bonchev–Trinajstić information content (AvgIpc) is 2.78. The number of imidazole rings is 1. The van der Waals surface area contributed by atoms with Crippen LogP contribution in [0.25, 0.3) is 16.7 Å². The minimum absolute atomic E-state index is 0.189. The van der Waals surface area contributed by atoms with Gasteiger partial charge in [0.1, 0.15) is 11.3 Å². The molecule has 0 bridgehead atoms. The van der Waals surface area contributed by atoms with Crippen molar-refractivity contribution in [1.82, 2.24) is 19.3 Å². The molecule has 0 radical (unpaired) electrons. The molecule has 2 heterocycles. The molecule has 1 aromatic carbocycles. The molecule has 0 saturated carbocycles. The van der Waals surface area contributed by atoms with Gasteiger partial charge in [0, 0.05) is 25.4 Å². The topological polar surface area (TPSA) is 38.5 Å². The summed E-state index contributed by atoms with van der Waals surface area (Å²) in [6.07, 6.45) is 1.75. The standard InChI is InChI=1S/C12H10F2N4S/c1-6-10(5-17(2)16-6)18-9-4-7(13)3-8(14)11(9)15-12(18)19/h3-5H,1-2H3,(H,15,19). The summed E-state index contributed by atoms with van der Waals surface area (Å²) in [5.74, 6) is -1.31. The Morgan fingerprint density at radius 1 is 1.32 bits per heavy atom. The highest BCUT2D eigenvalue weighted by atomic mass is 32.1. The SMILES string of the molecule is Cc1nn(C)cc1-n1c(=S)[nH]c2c(F)cc(F)cc21. The van der Waals surface area contributed by atoms with Gasteiger partial charge >= 0.3 is 0 Å². The van der Waals surface area contributed by atoms with Crippen LogP contribution < -0.4 is 0 Å². The number of H-pyrrole nitrogens is 1. The van der Waals surface area contributed by atoms with E-state index in [4.69, 9.17) is 12.2 Å². The van der Waals surface area contributed by atoms with Crippen molar-refractivity contribution >= 4 is 23.3 Å². The molecule has 0 saturated heterocycles. The molecule has 0 aliphatic rings. The van der Waals surface area contributed by atoms with Gasteiger partial charge in [0.2, 0.25) is 0 Å². The van der Waals surface area contributed by atoms with Crippen molar-refractivity contribution < 1.29 is 8.78 Å². The van der Waals surface area contributed by atoms with Crippen molar-refractivity contribution in [3.05, 3.63) is 40.4 Å².